The minimum Gasteiger partial charge on any atom is -0.481 e. The summed E-state index contributed by atoms with van der Waals surface area (Å²) < 4.78 is 10.8. The van der Waals surface area contributed by atoms with Gasteiger partial charge in [0.1, 0.15) is 0 Å². The van der Waals surface area contributed by atoms with Crippen LogP contribution in [0.3, 0.4) is 0 Å². The largest absolute Gasteiger partial charge is 0.481 e. The number of hydrogen-bond donors (Lipinski definition) is 1. The van der Waals surface area contributed by atoms with Crippen molar-refractivity contribution < 1.29 is 24.2 Å². The molecule has 2 rings (SSSR count). The Bertz CT molecular complexity index is 341. The molecule has 5 nitrogen and oxygen atoms in total. The second kappa shape index (κ2) is 6.37. The van der Waals surface area contributed by atoms with Crippen LogP contribution in [0, 0.1) is 11.8 Å². The van der Waals surface area contributed by atoms with E-state index in [9.17, 15) is 9.59 Å². The van der Waals surface area contributed by atoms with Crippen molar-refractivity contribution in [2.45, 2.75) is 57.7 Å². The molecular formula is C14H22O5. The fraction of sp³-hybridized carbons (Fsp3) is 0.857. The molecule has 4 atom stereocenters. The highest BCUT2D eigenvalue weighted by atomic mass is 16.6. The maximum atomic E-state index is 11.5. The lowest BCUT2D eigenvalue weighted by Crippen LogP contribution is -2.27. The normalized spacial score (nSPS) is 32.5. The van der Waals surface area contributed by atoms with Crippen molar-refractivity contribution in [3.05, 3.63) is 0 Å². The zero-order valence-corrected chi connectivity index (χ0v) is 11.3. The van der Waals surface area contributed by atoms with E-state index in [-0.39, 0.29) is 12.4 Å². The number of carbonyl (C=O) groups excluding carboxylic acids is 1. The molecule has 0 spiro atoms. The molecule has 0 aromatic rings. The summed E-state index contributed by atoms with van der Waals surface area (Å²) in [5, 5.41) is 8.48. The molecule has 1 aliphatic heterocycles. The van der Waals surface area contributed by atoms with Gasteiger partial charge in [0.25, 0.3) is 0 Å². The fourth-order valence-corrected chi connectivity index (χ4v) is 2.73. The summed E-state index contributed by atoms with van der Waals surface area (Å²) >= 11 is 0. The Kier molecular flexibility index (Phi) is 4.80. The van der Waals surface area contributed by atoms with Crippen LogP contribution in [0.5, 0.6) is 0 Å². The Morgan fingerprint density at radius 2 is 1.89 bits per heavy atom. The number of carboxylic acids is 1. The SMILES string of the molecule is CC1C[C@H]2O[C@H]2CC1COC(=O)CCCCC(=O)O. The minimum absolute atomic E-state index is 0.118. The second-order valence-electron chi connectivity index (χ2n) is 5.71. The molecule has 0 amide bonds. The Balaban J connectivity index is 1.56. The van der Waals surface area contributed by atoms with Gasteiger partial charge in [0.15, 0.2) is 0 Å². The van der Waals surface area contributed by atoms with E-state index in [4.69, 9.17) is 14.6 Å². The molecule has 2 unspecified atom stereocenters. The number of carboxylic acid groups (broad SMARTS) is 1. The quantitative estimate of drug-likeness (QED) is 0.435. The zero-order valence-electron chi connectivity index (χ0n) is 11.3. The van der Waals surface area contributed by atoms with Crippen molar-refractivity contribution in [3.8, 4) is 0 Å². The standard InChI is InChI=1S/C14H22O5/c1-9-6-11-12(19-11)7-10(9)8-18-14(17)5-3-2-4-13(15)16/h9-12H,2-8H2,1H3,(H,15,16)/t9?,10?,11-,12+/m1/s1. The lowest BCUT2D eigenvalue weighted by molar-refractivity contribution is -0.146. The van der Waals surface area contributed by atoms with E-state index < -0.39 is 5.97 Å². The van der Waals surface area contributed by atoms with Crippen molar-refractivity contribution in [2.24, 2.45) is 11.8 Å². The van der Waals surface area contributed by atoms with Gasteiger partial charge in [0.2, 0.25) is 0 Å². The van der Waals surface area contributed by atoms with Crippen molar-refractivity contribution in [2.75, 3.05) is 6.61 Å². The van der Waals surface area contributed by atoms with Crippen LogP contribution in [0.2, 0.25) is 0 Å². The van der Waals surface area contributed by atoms with Crippen LogP contribution in [-0.4, -0.2) is 35.9 Å². The van der Waals surface area contributed by atoms with E-state index in [0.29, 0.717) is 49.9 Å². The van der Waals surface area contributed by atoms with Gasteiger partial charge in [-0.15, -0.1) is 0 Å². The van der Waals surface area contributed by atoms with Crippen molar-refractivity contribution in [1.82, 2.24) is 0 Å². The maximum absolute atomic E-state index is 11.5. The lowest BCUT2D eigenvalue weighted by Gasteiger charge is -2.25. The first-order chi connectivity index (χ1) is 9.06. The van der Waals surface area contributed by atoms with Gasteiger partial charge in [0, 0.05) is 12.8 Å². The van der Waals surface area contributed by atoms with Gasteiger partial charge in [-0.3, -0.25) is 9.59 Å². The first kappa shape index (κ1) is 14.3. The molecule has 1 saturated carbocycles. The van der Waals surface area contributed by atoms with Crippen LogP contribution in [0.4, 0.5) is 0 Å². The van der Waals surface area contributed by atoms with Crippen LogP contribution in [-0.2, 0) is 19.1 Å². The first-order valence-electron chi connectivity index (χ1n) is 7.09. The van der Waals surface area contributed by atoms with E-state index in [2.05, 4.69) is 6.92 Å². The minimum atomic E-state index is -0.816. The van der Waals surface area contributed by atoms with Gasteiger partial charge in [-0.05, 0) is 37.5 Å². The van der Waals surface area contributed by atoms with Gasteiger partial charge in [0.05, 0.1) is 18.8 Å². The number of carbonyl (C=O) groups is 2. The molecule has 1 heterocycles. The third-order valence-corrected chi connectivity index (χ3v) is 4.11. The summed E-state index contributed by atoms with van der Waals surface area (Å²) in [5.41, 5.74) is 0. The van der Waals surface area contributed by atoms with Gasteiger partial charge in [-0.1, -0.05) is 6.92 Å². The maximum Gasteiger partial charge on any atom is 0.305 e. The molecular weight excluding hydrogens is 248 g/mol. The summed E-state index contributed by atoms with van der Waals surface area (Å²) in [5.74, 6) is -0.0740. The molecule has 108 valence electrons. The molecule has 5 heteroatoms. The number of hydrogen-bond acceptors (Lipinski definition) is 4. The number of ether oxygens (including phenoxy) is 2. The van der Waals surface area contributed by atoms with Crippen LogP contribution in [0.25, 0.3) is 0 Å². The van der Waals surface area contributed by atoms with E-state index in [1.54, 1.807) is 0 Å². The molecule has 1 saturated heterocycles. The van der Waals surface area contributed by atoms with Crippen molar-refractivity contribution >= 4 is 11.9 Å². The highest BCUT2D eigenvalue weighted by molar-refractivity contribution is 5.69. The summed E-state index contributed by atoms with van der Waals surface area (Å²) in [6.45, 7) is 2.66. The average Bonchev–Trinajstić information content (AvgIpc) is 3.09. The van der Waals surface area contributed by atoms with E-state index in [0.717, 1.165) is 12.8 Å². The van der Waals surface area contributed by atoms with Crippen LogP contribution < -0.4 is 0 Å². The van der Waals surface area contributed by atoms with E-state index in [1.165, 1.54) is 0 Å². The van der Waals surface area contributed by atoms with Gasteiger partial charge >= 0.3 is 11.9 Å². The Morgan fingerprint density at radius 3 is 2.63 bits per heavy atom. The number of aliphatic carboxylic acids is 1. The molecule has 1 N–H and O–H groups in total. The molecule has 19 heavy (non-hydrogen) atoms. The topological polar surface area (TPSA) is 76.1 Å². The van der Waals surface area contributed by atoms with E-state index >= 15 is 0 Å². The summed E-state index contributed by atoms with van der Waals surface area (Å²) in [4.78, 5) is 21.8. The predicted octanol–water partition coefficient (Wildman–Crippen LogP) is 1.99. The first-order valence-corrected chi connectivity index (χ1v) is 7.09. The fourth-order valence-electron chi connectivity index (χ4n) is 2.73. The number of fused-ring (bicyclic) bond motifs is 1. The summed E-state index contributed by atoms with van der Waals surface area (Å²) in [6, 6.07) is 0. The Morgan fingerprint density at radius 1 is 1.21 bits per heavy atom. The highest BCUT2D eigenvalue weighted by Crippen LogP contribution is 2.42. The van der Waals surface area contributed by atoms with Gasteiger partial charge < -0.3 is 14.6 Å². The highest BCUT2D eigenvalue weighted by Gasteiger charge is 2.47. The molecule has 0 radical (unpaired) electrons. The smallest absolute Gasteiger partial charge is 0.305 e. The van der Waals surface area contributed by atoms with Crippen LogP contribution in [0.1, 0.15) is 45.4 Å². The molecule has 2 fully saturated rings. The number of rotatable bonds is 7. The lowest BCUT2D eigenvalue weighted by atomic mass is 9.81. The summed E-state index contributed by atoms with van der Waals surface area (Å²) in [6.07, 6.45) is 4.48. The molecule has 0 aromatic carbocycles. The van der Waals surface area contributed by atoms with Crippen LogP contribution >= 0.6 is 0 Å². The number of unbranched alkanes of at least 4 members (excludes halogenated alkanes) is 1. The van der Waals surface area contributed by atoms with Gasteiger partial charge in [-0.25, -0.2) is 0 Å². The van der Waals surface area contributed by atoms with Crippen molar-refractivity contribution in [3.63, 3.8) is 0 Å². The third kappa shape index (κ3) is 4.49. The second-order valence-corrected chi connectivity index (χ2v) is 5.71. The van der Waals surface area contributed by atoms with E-state index in [1.807, 2.05) is 0 Å². The van der Waals surface area contributed by atoms with Gasteiger partial charge in [-0.2, -0.15) is 0 Å². The average molecular weight is 270 g/mol. The Hall–Kier alpha value is -1.10. The molecule has 0 bridgehead atoms. The molecule has 0 aromatic heterocycles. The monoisotopic (exact) mass is 270 g/mol. The predicted molar refractivity (Wildman–Crippen MR) is 67.6 cm³/mol. The number of epoxide rings is 1. The Labute approximate surface area is 113 Å². The third-order valence-electron chi connectivity index (χ3n) is 4.11. The van der Waals surface area contributed by atoms with Crippen LogP contribution in [0.15, 0.2) is 0 Å². The summed E-state index contributed by atoms with van der Waals surface area (Å²) in [7, 11) is 0. The zero-order chi connectivity index (χ0) is 13.8. The van der Waals surface area contributed by atoms with Crippen molar-refractivity contribution in [1.29, 1.82) is 0 Å². The molecule has 1 aliphatic carbocycles. The number of esters is 1. The molecule has 2 aliphatic rings.